The first-order valence-corrected chi connectivity index (χ1v) is 12.9. The topological polar surface area (TPSA) is 65.1 Å². The predicted octanol–water partition coefficient (Wildman–Crippen LogP) is 5.51. The Hall–Kier alpha value is -3.45. The normalized spacial score (nSPS) is 17.0. The Morgan fingerprint density at radius 2 is 1.44 bits per heavy atom. The summed E-state index contributed by atoms with van der Waals surface area (Å²) in [5.41, 5.74) is 1.76. The van der Waals surface area contributed by atoms with Gasteiger partial charge in [0.25, 0.3) is 0 Å². The number of β-lactam (4-membered cyclic amide) rings is 1. The monoisotopic (exact) mass is 505 g/mol. The summed E-state index contributed by atoms with van der Waals surface area (Å²) in [6.45, 7) is 2.39. The largest absolute Gasteiger partial charge is 0.497 e. The molecular formula is C29H31NO5S. The summed E-state index contributed by atoms with van der Waals surface area (Å²) in [7, 11) is 3.23. The van der Waals surface area contributed by atoms with Gasteiger partial charge in [-0.25, -0.2) is 4.79 Å². The van der Waals surface area contributed by atoms with Crippen molar-refractivity contribution in [1.82, 2.24) is 4.90 Å². The number of esters is 1. The molecule has 0 spiro atoms. The number of carbonyl (C=O) groups is 2. The van der Waals surface area contributed by atoms with E-state index in [9.17, 15) is 9.59 Å². The van der Waals surface area contributed by atoms with E-state index in [1.807, 2.05) is 85.8 Å². The maximum atomic E-state index is 13.7. The summed E-state index contributed by atoms with van der Waals surface area (Å²) in [4.78, 5) is 29.7. The van der Waals surface area contributed by atoms with E-state index >= 15 is 0 Å². The highest BCUT2D eigenvalue weighted by Gasteiger charge is 2.56. The third-order valence-corrected chi connectivity index (χ3v) is 7.47. The fourth-order valence-corrected chi connectivity index (χ4v) is 5.46. The van der Waals surface area contributed by atoms with E-state index in [1.54, 1.807) is 19.1 Å². The van der Waals surface area contributed by atoms with Crippen LogP contribution in [0, 0.1) is 0 Å². The van der Waals surface area contributed by atoms with Gasteiger partial charge >= 0.3 is 5.97 Å². The second-order valence-corrected chi connectivity index (χ2v) is 9.73. The lowest BCUT2D eigenvalue weighted by molar-refractivity contribution is -0.167. The molecule has 2 unspecified atom stereocenters. The Morgan fingerprint density at radius 1 is 0.889 bits per heavy atom. The number of rotatable bonds is 11. The van der Waals surface area contributed by atoms with Gasteiger partial charge in [0.2, 0.25) is 5.91 Å². The summed E-state index contributed by atoms with van der Waals surface area (Å²) in [5.74, 6) is 0.965. The van der Waals surface area contributed by atoms with Gasteiger partial charge in [0.1, 0.15) is 16.7 Å². The number of methoxy groups -OCH3 is 2. The molecule has 36 heavy (non-hydrogen) atoms. The van der Waals surface area contributed by atoms with E-state index in [4.69, 9.17) is 14.2 Å². The van der Waals surface area contributed by atoms with Crippen molar-refractivity contribution in [2.45, 2.75) is 42.0 Å². The first-order valence-electron chi connectivity index (χ1n) is 12.1. The lowest BCUT2D eigenvalue weighted by Crippen LogP contribution is -2.67. The third kappa shape index (κ3) is 5.51. The standard InChI is InChI=1S/C29H31NO5S/c1-4-5-19-35-29(32)26-27(36-24-9-7-6-8-10-24)28(31)30(26)25(20-11-15-22(33-2)16-12-20)21-13-17-23(34-3)18-14-21/h6-18,25-27H,4-5,19H2,1-3H3. The Bertz CT molecular complexity index is 1100. The van der Waals surface area contributed by atoms with E-state index in [-0.39, 0.29) is 11.9 Å². The van der Waals surface area contributed by atoms with Gasteiger partial charge in [-0.15, -0.1) is 11.8 Å². The minimum Gasteiger partial charge on any atom is -0.497 e. The minimum atomic E-state index is -0.714. The number of carbonyl (C=O) groups excluding carboxylic acids is 2. The lowest BCUT2D eigenvalue weighted by Gasteiger charge is -2.49. The van der Waals surface area contributed by atoms with Crippen molar-refractivity contribution in [1.29, 1.82) is 0 Å². The molecule has 1 aliphatic rings. The second-order valence-electron chi connectivity index (χ2n) is 8.51. The molecule has 1 saturated heterocycles. The maximum absolute atomic E-state index is 13.7. The molecule has 0 N–H and O–H groups in total. The Morgan fingerprint density at radius 3 is 1.94 bits per heavy atom. The van der Waals surface area contributed by atoms with Crippen LogP contribution in [0.2, 0.25) is 0 Å². The molecule has 1 fully saturated rings. The van der Waals surface area contributed by atoms with Gasteiger partial charge in [0, 0.05) is 4.90 Å². The van der Waals surface area contributed by atoms with Crippen molar-refractivity contribution in [3.8, 4) is 11.5 Å². The molecule has 7 heteroatoms. The van der Waals surface area contributed by atoms with Crippen LogP contribution in [0.25, 0.3) is 0 Å². The van der Waals surface area contributed by atoms with Gasteiger partial charge in [-0.3, -0.25) is 4.79 Å². The van der Waals surface area contributed by atoms with Gasteiger partial charge in [-0.2, -0.15) is 0 Å². The lowest BCUT2D eigenvalue weighted by atomic mass is 9.89. The molecule has 188 valence electrons. The first kappa shape index (κ1) is 25.6. The molecule has 1 aliphatic heterocycles. The van der Waals surface area contributed by atoms with Crippen LogP contribution < -0.4 is 9.47 Å². The number of hydrogen-bond donors (Lipinski definition) is 0. The number of likely N-dealkylation sites (tertiary alicyclic amines) is 1. The van der Waals surface area contributed by atoms with Crippen molar-refractivity contribution in [2.75, 3.05) is 20.8 Å². The number of ether oxygens (including phenoxy) is 3. The summed E-state index contributed by atoms with van der Waals surface area (Å²) in [6.07, 6.45) is 1.70. The molecule has 0 saturated carbocycles. The van der Waals surface area contributed by atoms with Gasteiger partial charge in [-0.1, -0.05) is 55.8 Å². The fraction of sp³-hybridized carbons (Fsp3) is 0.310. The number of benzene rings is 3. The number of thioether (sulfide) groups is 1. The quantitative estimate of drug-likeness (QED) is 0.195. The Labute approximate surface area is 216 Å². The van der Waals surface area contributed by atoms with E-state index in [0.29, 0.717) is 6.61 Å². The second kappa shape index (κ2) is 12.0. The van der Waals surface area contributed by atoms with Crippen LogP contribution in [0.4, 0.5) is 0 Å². The number of nitrogens with zero attached hydrogens (tertiary/aromatic N) is 1. The van der Waals surface area contributed by atoms with Gasteiger partial charge < -0.3 is 19.1 Å². The van der Waals surface area contributed by atoms with Gasteiger partial charge in [0.05, 0.1) is 26.9 Å². The number of unbranched alkanes of at least 4 members (excludes halogenated alkanes) is 1. The van der Waals surface area contributed by atoms with E-state index in [2.05, 4.69) is 0 Å². The maximum Gasteiger partial charge on any atom is 0.330 e. The Balaban J connectivity index is 1.72. The van der Waals surface area contributed by atoms with Crippen LogP contribution in [-0.4, -0.2) is 48.9 Å². The molecule has 0 bridgehead atoms. The van der Waals surface area contributed by atoms with E-state index < -0.39 is 17.3 Å². The SMILES string of the molecule is CCCCOC(=O)C1C(Sc2ccccc2)C(=O)N1C(c1ccc(OC)cc1)c1ccc(OC)cc1. The first-order chi connectivity index (χ1) is 17.6. The molecule has 4 rings (SSSR count). The van der Waals surface area contributed by atoms with Crippen molar-refractivity contribution in [3.05, 3.63) is 90.0 Å². The molecule has 0 radical (unpaired) electrons. The molecular weight excluding hydrogens is 474 g/mol. The van der Waals surface area contributed by atoms with E-state index in [0.717, 1.165) is 40.4 Å². The highest BCUT2D eigenvalue weighted by Crippen LogP contribution is 2.44. The van der Waals surface area contributed by atoms with Gasteiger partial charge in [0.15, 0.2) is 6.04 Å². The summed E-state index contributed by atoms with van der Waals surface area (Å²) in [6, 6.07) is 23.7. The molecule has 1 amide bonds. The minimum absolute atomic E-state index is 0.0991. The fourth-order valence-electron chi connectivity index (χ4n) is 4.26. The number of amides is 1. The smallest absolute Gasteiger partial charge is 0.330 e. The molecule has 0 aromatic heterocycles. The summed E-state index contributed by atoms with van der Waals surface area (Å²) in [5, 5.41) is -0.555. The van der Waals surface area contributed by atoms with Crippen LogP contribution in [0.15, 0.2) is 83.8 Å². The van der Waals surface area contributed by atoms with Gasteiger partial charge in [-0.05, 0) is 53.9 Å². The average molecular weight is 506 g/mol. The molecule has 0 aliphatic carbocycles. The highest BCUT2D eigenvalue weighted by molar-refractivity contribution is 8.00. The highest BCUT2D eigenvalue weighted by atomic mass is 32.2. The average Bonchev–Trinajstić information content (AvgIpc) is 2.93. The summed E-state index contributed by atoms with van der Waals surface area (Å²) >= 11 is 1.41. The van der Waals surface area contributed by atoms with Crippen molar-refractivity contribution in [3.63, 3.8) is 0 Å². The molecule has 3 aromatic carbocycles. The van der Waals surface area contributed by atoms with Crippen LogP contribution in [0.3, 0.4) is 0 Å². The van der Waals surface area contributed by atoms with Crippen molar-refractivity contribution < 1.29 is 23.8 Å². The van der Waals surface area contributed by atoms with Crippen LogP contribution >= 0.6 is 11.8 Å². The zero-order valence-corrected chi connectivity index (χ0v) is 21.6. The molecule has 3 aromatic rings. The van der Waals surface area contributed by atoms with Crippen molar-refractivity contribution >= 4 is 23.6 Å². The zero-order chi connectivity index (χ0) is 25.5. The molecule has 2 atom stereocenters. The van der Waals surface area contributed by atoms with Crippen LogP contribution in [-0.2, 0) is 14.3 Å². The molecule has 1 heterocycles. The van der Waals surface area contributed by atoms with Crippen LogP contribution in [0.1, 0.15) is 36.9 Å². The van der Waals surface area contributed by atoms with E-state index in [1.165, 1.54) is 11.8 Å². The third-order valence-electron chi connectivity index (χ3n) is 6.22. The zero-order valence-electron chi connectivity index (χ0n) is 20.8. The Kier molecular flexibility index (Phi) is 8.54. The molecule has 6 nitrogen and oxygen atoms in total. The predicted molar refractivity (Wildman–Crippen MR) is 140 cm³/mol. The van der Waals surface area contributed by atoms with Crippen molar-refractivity contribution in [2.24, 2.45) is 0 Å². The number of hydrogen-bond acceptors (Lipinski definition) is 6. The summed E-state index contributed by atoms with van der Waals surface area (Å²) < 4.78 is 16.3. The van der Waals surface area contributed by atoms with Crippen LogP contribution in [0.5, 0.6) is 11.5 Å².